The van der Waals surface area contributed by atoms with Gasteiger partial charge in [-0.05, 0) is 40.3 Å². The average Bonchev–Trinajstić information content (AvgIpc) is 2.06. The van der Waals surface area contributed by atoms with E-state index in [4.69, 9.17) is 10.7 Å². The van der Waals surface area contributed by atoms with Crippen molar-refractivity contribution in [3.63, 3.8) is 0 Å². The first-order valence-electron chi connectivity index (χ1n) is 3.44. The van der Waals surface area contributed by atoms with Crippen molar-refractivity contribution < 1.29 is 0 Å². The maximum atomic E-state index is 8.36. The van der Waals surface area contributed by atoms with Gasteiger partial charge in [0.1, 0.15) is 0 Å². The number of rotatable bonds is 2. The molecule has 60 valence electrons. The zero-order valence-electron chi connectivity index (χ0n) is 6.34. The van der Waals surface area contributed by atoms with Crippen LogP contribution in [-0.2, 0) is 0 Å². The molecule has 12 heavy (non-hydrogen) atoms. The zero-order valence-corrected chi connectivity index (χ0v) is 8.50. The second-order valence-corrected chi connectivity index (χ2v) is 3.57. The van der Waals surface area contributed by atoms with Gasteiger partial charge in [0.2, 0.25) is 0 Å². The summed E-state index contributed by atoms with van der Waals surface area (Å²) in [7, 11) is 0. The summed E-state index contributed by atoms with van der Waals surface area (Å²) in [5.74, 6) is 0. The molecular weight excluding hydrogens is 263 g/mol. The Labute approximate surface area is 84.9 Å². The number of nitrogens with zero attached hydrogens (tertiary/aromatic N) is 1. The molecule has 0 aliphatic rings. The Morgan fingerprint density at radius 2 is 2.00 bits per heavy atom. The fourth-order valence-electron chi connectivity index (χ4n) is 0.832. The van der Waals surface area contributed by atoms with Crippen LogP contribution >= 0.6 is 22.6 Å². The third-order valence-electron chi connectivity index (χ3n) is 1.45. The van der Waals surface area contributed by atoms with Gasteiger partial charge < -0.3 is 5.41 Å². The Morgan fingerprint density at radius 1 is 1.42 bits per heavy atom. The Bertz CT molecular complexity index is 321. The summed E-state index contributed by atoms with van der Waals surface area (Å²) < 4.78 is 1.14. The number of hydrogen-bond acceptors (Lipinski definition) is 2. The van der Waals surface area contributed by atoms with Gasteiger partial charge in [0.15, 0.2) is 0 Å². The predicted octanol–water partition coefficient (Wildman–Crippen LogP) is 2.57. The highest BCUT2D eigenvalue weighted by molar-refractivity contribution is 14.1. The van der Waals surface area contributed by atoms with Crippen LogP contribution in [-0.4, -0.2) is 5.71 Å². The maximum Gasteiger partial charge on any atom is 0.0773 e. The van der Waals surface area contributed by atoms with E-state index in [0.717, 1.165) is 9.13 Å². The van der Waals surface area contributed by atoms with Crippen LogP contribution in [0.1, 0.15) is 12.0 Å². The molecule has 0 aliphatic carbocycles. The number of hydrogen-bond donors (Lipinski definition) is 1. The molecule has 0 saturated heterocycles. The molecule has 2 nitrogen and oxygen atoms in total. The summed E-state index contributed by atoms with van der Waals surface area (Å²) in [5, 5.41) is 15.8. The van der Waals surface area contributed by atoms with Crippen molar-refractivity contribution in [2.75, 3.05) is 0 Å². The van der Waals surface area contributed by atoms with Crippen molar-refractivity contribution in [3.8, 4) is 6.07 Å². The molecule has 0 unspecified atom stereocenters. The lowest BCUT2D eigenvalue weighted by atomic mass is 10.1. The lowest BCUT2D eigenvalue weighted by Gasteiger charge is -1.98. The second kappa shape index (κ2) is 4.21. The van der Waals surface area contributed by atoms with Crippen LogP contribution in [0.4, 0.5) is 0 Å². The molecule has 0 amide bonds. The van der Waals surface area contributed by atoms with Crippen LogP contribution in [0.15, 0.2) is 24.3 Å². The number of nitriles is 1. The molecule has 0 heterocycles. The SMILES string of the molecule is N#CCC(=N)c1ccc(I)cc1. The lowest BCUT2D eigenvalue weighted by molar-refractivity contribution is 1.33. The quantitative estimate of drug-likeness (QED) is 0.651. The van der Waals surface area contributed by atoms with E-state index in [1.165, 1.54) is 0 Å². The molecule has 1 aromatic rings. The van der Waals surface area contributed by atoms with Gasteiger partial charge in [-0.2, -0.15) is 5.26 Å². The van der Waals surface area contributed by atoms with Crippen molar-refractivity contribution >= 4 is 28.3 Å². The molecule has 1 N–H and O–H groups in total. The van der Waals surface area contributed by atoms with E-state index >= 15 is 0 Å². The van der Waals surface area contributed by atoms with E-state index in [9.17, 15) is 0 Å². The number of benzene rings is 1. The van der Waals surface area contributed by atoms with Gasteiger partial charge in [0.05, 0.1) is 18.2 Å². The Hall–Kier alpha value is -0.890. The largest absolute Gasteiger partial charge is 0.304 e. The van der Waals surface area contributed by atoms with Gasteiger partial charge in [-0.1, -0.05) is 12.1 Å². The Kier molecular flexibility index (Phi) is 3.23. The zero-order chi connectivity index (χ0) is 8.97. The van der Waals surface area contributed by atoms with Gasteiger partial charge in [0, 0.05) is 3.57 Å². The summed E-state index contributed by atoms with van der Waals surface area (Å²) in [6.07, 6.45) is 0.181. The topological polar surface area (TPSA) is 47.6 Å². The van der Waals surface area contributed by atoms with Crippen LogP contribution in [0.5, 0.6) is 0 Å². The summed E-state index contributed by atoms with van der Waals surface area (Å²) in [4.78, 5) is 0. The third kappa shape index (κ3) is 2.31. The number of nitrogens with one attached hydrogen (secondary N) is 1. The molecule has 0 saturated carbocycles. The van der Waals surface area contributed by atoms with Crippen molar-refractivity contribution in [2.24, 2.45) is 0 Å². The van der Waals surface area contributed by atoms with Gasteiger partial charge in [-0.15, -0.1) is 0 Å². The van der Waals surface area contributed by atoms with Crippen molar-refractivity contribution in [1.29, 1.82) is 10.7 Å². The van der Waals surface area contributed by atoms with Crippen LogP contribution in [0, 0.1) is 20.3 Å². The first kappa shape index (κ1) is 9.20. The number of halogens is 1. The highest BCUT2D eigenvalue weighted by atomic mass is 127. The van der Waals surface area contributed by atoms with E-state index in [0.29, 0.717) is 5.71 Å². The normalized spacial score (nSPS) is 9.00. The van der Waals surface area contributed by atoms with Crippen LogP contribution in [0.2, 0.25) is 0 Å². The van der Waals surface area contributed by atoms with E-state index in [-0.39, 0.29) is 6.42 Å². The average molecular weight is 270 g/mol. The smallest absolute Gasteiger partial charge is 0.0773 e. The van der Waals surface area contributed by atoms with Crippen molar-refractivity contribution in [2.45, 2.75) is 6.42 Å². The standard InChI is InChI=1S/C9H7IN2/c10-8-3-1-7(2-4-8)9(12)5-6-11/h1-4,12H,5H2. The molecule has 0 spiro atoms. The second-order valence-electron chi connectivity index (χ2n) is 2.32. The van der Waals surface area contributed by atoms with Gasteiger partial charge in [-0.25, -0.2) is 0 Å². The monoisotopic (exact) mass is 270 g/mol. The Morgan fingerprint density at radius 3 is 2.50 bits per heavy atom. The minimum Gasteiger partial charge on any atom is -0.304 e. The lowest BCUT2D eigenvalue weighted by Crippen LogP contribution is -1.96. The van der Waals surface area contributed by atoms with Crippen LogP contribution < -0.4 is 0 Å². The maximum absolute atomic E-state index is 8.36. The summed E-state index contributed by atoms with van der Waals surface area (Å²) in [6, 6.07) is 9.54. The highest BCUT2D eigenvalue weighted by Crippen LogP contribution is 2.08. The molecule has 1 rings (SSSR count). The van der Waals surface area contributed by atoms with Crippen molar-refractivity contribution in [3.05, 3.63) is 33.4 Å². The van der Waals surface area contributed by atoms with E-state index in [1.807, 2.05) is 30.3 Å². The predicted molar refractivity (Wildman–Crippen MR) is 56.2 cm³/mol. The molecule has 0 aliphatic heterocycles. The fraction of sp³-hybridized carbons (Fsp3) is 0.111. The highest BCUT2D eigenvalue weighted by Gasteiger charge is 1.98. The van der Waals surface area contributed by atoms with Crippen molar-refractivity contribution in [1.82, 2.24) is 0 Å². The molecule has 0 atom stereocenters. The summed E-state index contributed by atoms with van der Waals surface area (Å²) in [6.45, 7) is 0. The summed E-state index contributed by atoms with van der Waals surface area (Å²) in [5.41, 5.74) is 1.21. The molecule has 0 radical (unpaired) electrons. The summed E-state index contributed by atoms with van der Waals surface area (Å²) >= 11 is 2.21. The van der Waals surface area contributed by atoms with E-state index < -0.39 is 0 Å². The van der Waals surface area contributed by atoms with Crippen LogP contribution in [0.25, 0.3) is 0 Å². The molecule has 0 bridgehead atoms. The van der Waals surface area contributed by atoms with Gasteiger partial charge in [-0.3, -0.25) is 0 Å². The minimum atomic E-state index is 0.181. The van der Waals surface area contributed by atoms with Crippen LogP contribution in [0.3, 0.4) is 0 Å². The molecule has 0 fully saturated rings. The minimum absolute atomic E-state index is 0.181. The Balaban J connectivity index is 2.84. The first-order valence-corrected chi connectivity index (χ1v) is 4.52. The third-order valence-corrected chi connectivity index (χ3v) is 2.17. The van der Waals surface area contributed by atoms with Gasteiger partial charge >= 0.3 is 0 Å². The molecule has 0 aromatic heterocycles. The van der Waals surface area contributed by atoms with Gasteiger partial charge in [0.25, 0.3) is 0 Å². The molecular formula is C9H7IN2. The van der Waals surface area contributed by atoms with E-state index in [1.54, 1.807) is 0 Å². The fourth-order valence-corrected chi connectivity index (χ4v) is 1.19. The van der Waals surface area contributed by atoms with E-state index in [2.05, 4.69) is 22.6 Å². The first-order chi connectivity index (χ1) is 5.74. The molecule has 1 aromatic carbocycles. The molecule has 3 heteroatoms.